The third-order valence-corrected chi connectivity index (χ3v) is 3.04. The van der Waals surface area contributed by atoms with E-state index >= 15 is 0 Å². The molecule has 0 aromatic carbocycles. The van der Waals surface area contributed by atoms with E-state index in [9.17, 15) is 4.79 Å². The third-order valence-electron chi connectivity index (χ3n) is 3.04. The maximum atomic E-state index is 11.5. The van der Waals surface area contributed by atoms with Crippen LogP contribution < -0.4 is 15.4 Å². The van der Waals surface area contributed by atoms with Crippen LogP contribution in [-0.2, 0) is 4.74 Å². The predicted octanol–water partition coefficient (Wildman–Crippen LogP) is 0.587. The average molecular weight is 279 g/mol. The van der Waals surface area contributed by atoms with Crippen molar-refractivity contribution in [1.82, 2.24) is 15.6 Å². The summed E-state index contributed by atoms with van der Waals surface area (Å²) in [6.07, 6.45) is 1.56. The summed E-state index contributed by atoms with van der Waals surface area (Å²) in [6.45, 7) is 6.12. The zero-order valence-electron chi connectivity index (χ0n) is 12.1. The highest BCUT2D eigenvalue weighted by molar-refractivity contribution is 5.92. The summed E-state index contributed by atoms with van der Waals surface area (Å²) in [5.41, 5.74) is 0.158. The molecule has 1 unspecified atom stereocenters. The van der Waals surface area contributed by atoms with Gasteiger partial charge >= 0.3 is 0 Å². The average Bonchev–Trinajstić information content (AvgIpc) is 2.43. The molecule has 6 nitrogen and oxygen atoms in total. The minimum atomic E-state index is -0.229. The molecule has 2 heterocycles. The van der Waals surface area contributed by atoms with Crippen molar-refractivity contribution in [2.75, 3.05) is 26.7 Å². The second-order valence-electron chi connectivity index (χ2n) is 5.40. The minimum Gasteiger partial charge on any atom is -0.491 e. The second-order valence-corrected chi connectivity index (χ2v) is 5.40. The van der Waals surface area contributed by atoms with E-state index in [0.29, 0.717) is 18.1 Å². The van der Waals surface area contributed by atoms with Gasteiger partial charge in [0.05, 0.1) is 5.60 Å². The number of amides is 1. The number of ether oxygens (including phenoxy) is 2. The molecule has 1 aromatic heterocycles. The van der Waals surface area contributed by atoms with Crippen molar-refractivity contribution in [3.8, 4) is 5.75 Å². The molecule has 20 heavy (non-hydrogen) atoms. The number of carbonyl (C=O) groups excluding carboxylic acids is 1. The van der Waals surface area contributed by atoms with Crippen LogP contribution in [0.15, 0.2) is 18.3 Å². The number of nitrogens with zero attached hydrogens (tertiary/aromatic N) is 1. The normalized spacial score (nSPS) is 21.2. The van der Waals surface area contributed by atoms with Crippen molar-refractivity contribution in [2.24, 2.45) is 0 Å². The van der Waals surface area contributed by atoms with Gasteiger partial charge in [0, 0.05) is 32.4 Å². The molecule has 2 N–H and O–H groups in total. The first-order valence-corrected chi connectivity index (χ1v) is 6.70. The molecular weight excluding hydrogens is 258 g/mol. The molecule has 0 radical (unpaired) electrons. The van der Waals surface area contributed by atoms with Crippen LogP contribution in [0.3, 0.4) is 0 Å². The molecule has 0 aliphatic carbocycles. The van der Waals surface area contributed by atoms with Crippen LogP contribution in [-0.4, -0.2) is 49.3 Å². The second kappa shape index (κ2) is 6.19. The van der Waals surface area contributed by atoms with E-state index in [1.165, 1.54) is 0 Å². The van der Waals surface area contributed by atoms with Gasteiger partial charge in [-0.2, -0.15) is 0 Å². The lowest BCUT2D eigenvalue weighted by atomic mass is 10.1. The van der Waals surface area contributed by atoms with Crippen LogP contribution in [0.1, 0.15) is 24.3 Å². The molecule has 1 aliphatic rings. The molecule has 6 heteroatoms. The summed E-state index contributed by atoms with van der Waals surface area (Å²) in [4.78, 5) is 15.5. The molecule has 0 spiro atoms. The summed E-state index contributed by atoms with van der Waals surface area (Å²) in [5.74, 6) is 0.387. The van der Waals surface area contributed by atoms with E-state index < -0.39 is 0 Å². The van der Waals surface area contributed by atoms with Crippen molar-refractivity contribution < 1.29 is 14.3 Å². The Morgan fingerprint density at radius 2 is 2.45 bits per heavy atom. The Bertz CT molecular complexity index is 476. The van der Waals surface area contributed by atoms with Gasteiger partial charge in [-0.25, -0.2) is 0 Å². The van der Waals surface area contributed by atoms with E-state index in [-0.39, 0.29) is 17.6 Å². The number of aromatic nitrogens is 1. The molecule has 1 aliphatic heterocycles. The Balaban J connectivity index is 1.92. The van der Waals surface area contributed by atoms with Crippen molar-refractivity contribution in [1.29, 1.82) is 0 Å². The van der Waals surface area contributed by atoms with Crippen molar-refractivity contribution in [3.05, 3.63) is 24.0 Å². The van der Waals surface area contributed by atoms with Crippen LogP contribution >= 0.6 is 0 Å². The molecule has 1 saturated heterocycles. The number of morpholine rings is 1. The number of hydrogen-bond acceptors (Lipinski definition) is 5. The fraction of sp³-hybridized carbons (Fsp3) is 0.571. The van der Waals surface area contributed by atoms with Crippen LogP contribution in [0.5, 0.6) is 5.75 Å². The van der Waals surface area contributed by atoms with Crippen molar-refractivity contribution in [2.45, 2.75) is 25.6 Å². The SMILES string of the molecule is CNC(=O)c1cc(OCC2CNCC(C)(C)O2)ccn1. The van der Waals surface area contributed by atoms with Gasteiger partial charge in [-0.05, 0) is 19.9 Å². The highest BCUT2D eigenvalue weighted by Gasteiger charge is 2.28. The summed E-state index contributed by atoms with van der Waals surface area (Å²) in [6, 6.07) is 3.36. The lowest BCUT2D eigenvalue weighted by molar-refractivity contribution is -0.107. The Morgan fingerprint density at radius 1 is 1.65 bits per heavy atom. The fourth-order valence-electron chi connectivity index (χ4n) is 2.10. The van der Waals surface area contributed by atoms with Gasteiger partial charge < -0.3 is 20.1 Å². The van der Waals surface area contributed by atoms with Crippen LogP contribution in [0.2, 0.25) is 0 Å². The maximum Gasteiger partial charge on any atom is 0.269 e. The van der Waals surface area contributed by atoms with Crippen molar-refractivity contribution >= 4 is 5.91 Å². The molecule has 1 aromatic rings. The van der Waals surface area contributed by atoms with Crippen LogP contribution in [0, 0.1) is 0 Å². The monoisotopic (exact) mass is 279 g/mol. The summed E-state index contributed by atoms with van der Waals surface area (Å²) in [7, 11) is 1.57. The van der Waals surface area contributed by atoms with E-state index in [0.717, 1.165) is 13.1 Å². The number of nitrogens with one attached hydrogen (secondary N) is 2. The van der Waals surface area contributed by atoms with Crippen LogP contribution in [0.4, 0.5) is 0 Å². The third kappa shape index (κ3) is 3.91. The van der Waals surface area contributed by atoms with E-state index in [2.05, 4.69) is 15.6 Å². The molecular formula is C14H21N3O3. The standard InChI is InChI=1S/C14H21N3O3/c1-14(2)9-16-7-11(20-14)8-19-10-4-5-17-12(6-10)13(18)15-3/h4-6,11,16H,7-9H2,1-3H3,(H,15,18). The first kappa shape index (κ1) is 14.7. The van der Waals surface area contributed by atoms with Gasteiger partial charge in [0.25, 0.3) is 5.91 Å². The van der Waals surface area contributed by atoms with Crippen LogP contribution in [0.25, 0.3) is 0 Å². The molecule has 1 atom stereocenters. The number of rotatable bonds is 4. The molecule has 2 rings (SSSR count). The summed E-state index contributed by atoms with van der Waals surface area (Å²) >= 11 is 0. The number of carbonyl (C=O) groups is 1. The molecule has 110 valence electrons. The molecule has 0 bridgehead atoms. The van der Waals surface area contributed by atoms with E-state index in [1.54, 1.807) is 25.4 Å². The summed E-state index contributed by atoms with van der Waals surface area (Å²) in [5, 5.41) is 5.85. The first-order chi connectivity index (χ1) is 9.50. The largest absolute Gasteiger partial charge is 0.491 e. The zero-order valence-corrected chi connectivity index (χ0v) is 12.1. The smallest absolute Gasteiger partial charge is 0.269 e. The molecule has 0 saturated carbocycles. The predicted molar refractivity (Wildman–Crippen MR) is 74.9 cm³/mol. The Labute approximate surface area is 118 Å². The molecule has 1 fully saturated rings. The van der Waals surface area contributed by atoms with E-state index in [1.807, 2.05) is 13.8 Å². The zero-order chi connectivity index (χ0) is 14.6. The van der Waals surface area contributed by atoms with E-state index in [4.69, 9.17) is 9.47 Å². The highest BCUT2D eigenvalue weighted by atomic mass is 16.5. The van der Waals surface area contributed by atoms with Gasteiger partial charge in [-0.3, -0.25) is 9.78 Å². The lowest BCUT2D eigenvalue weighted by Gasteiger charge is -2.36. The lowest BCUT2D eigenvalue weighted by Crippen LogP contribution is -2.52. The topological polar surface area (TPSA) is 72.5 Å². The summed E-state index contributed by atoms with van der Waals surface area (Å²) < 4.78 is 11.6. The maximum absolute atomic E-state index is 11.5. The Kier molecular flexibility index (Phi) is 4.57. The minimum absolute atomic E-state index is 0.00429. The van der Waals surface area contributed by atoms with Gasteiger partial charge in [0.15, 0.2) is 0 Å². The van der Waals surface area contributed by atoms with Gasteiger partial charge in [0.2, 0.25) is 0 Å². The molecule has 1 amide bonds. The quantitative estimate of drug-likeness (QED) is 0.844. The van der Waals surface area contributed by atoms with Gasteiger partial charge in [0.1, 0.15) is 24.2 Å². The number of pyridine rings is 1. The number of hydrogen-bond donors (Lipinski definition) is 2. The Hall–Kier alpha value is -1.66. The fourth-order valence-corrected chi connectivity index (χ4v) is 2.10. The highest BCUT2D eigenvalue weighted by Crippen LogP contribution is 2.17. The Morgan fingerprint density at radius 3 is 3.15 bits per heavy atom. The van der Waals surface area contributed by atoms with Crippen molar-refractivity contribution in [3.63, 3.8) is 0 Å². The van der Waals surface area contributed by atoms with Gasteiger partial charge in [-0.1, -0.05) is 0 Å². The first-order valence-electron chi connectivity index (χ1n) is 6.70. The van der Waals surface area contributed by atoms with Gasteiger partial charge in [-0.15, -0.1) is 0 Å².